The van der Waals surface area contributed by atoms with Crippen molar-refractivity contribution in [1.82, 2.24) is 4.98 Å². The largest absolute Gasteiger partial charge is 0.391 e. The summed E-state index contributed by atoms with van der Waals surface area (Å²) in [6, 6.07) is 20.9. The maximum atomic E-state index is 11.8. The maximum Gasteiger partial charge on any atom is 0.175 e. The van der Waals surface area contributed by atoms with Crippen LogP contribution in [0.5, 0.6) is 0 Å². The second kappa shape index (κ2) is 8.12. The average molecular weight is 433 g/mol. The molecule has 0 bridgehead atoms. The lowest BCUT2D eigenvalue weighted by Crippen LogP contribution is -2.38. The minimum atomic E-state index is -3.24. The van der Waals surface area contributed by atoms with Crippen LogP contribution in [-0.4, -0.2) is 25.4 Å². The lowest BCUT2D eigenvalue weighted by atomic mass is 9.60. The number of hydrogen-bond acceptors (Lipinski definition) is 5. The van der Waals surface area contributed by atoms with Crippen LogP contribution >= 0.6 is 0 Å². The van der Waals surface area contributed by atoms with Crippen LogP contribution < -0.4 is 0 Å². The van der Waals surface area contributed by atoms with Crippen molar-refractivity contribution in [3.63, 3.8) is 0 Å². The molecule has 0 spiro atoms. The molecule has 158 valence electrons. The van der Waals surface area contributed by atoms with Gasteiger partial charge in [0.2, 0.25) is 0 Å². The highest BCUT2D eigenvalue weighted by atomic mass is 32.2. The fourth-order valence-electron chi connectivity index (χ4n) is 3.87. The lowest BCUT2D eigenvalue weighted by Gasteiger charge is -2.42. The van der Waals surface area contributed by atoms with Crippen molar-refractivity contribution in [2.24, 2.45) is 10.6 Å². The van der Waals surface area contributed by atoms with Crippen LogP contribution in [0.4, 0.5) is 0 Å². The summed E-state index contributed by atoms with van der Waals surface area (Å²) < 4.78 is 23.7. The molecule has 0 amide bonds. The molecule has 3 aromatic rings. The summed E-state index contributed by atoms with van der Waals surface area (Å²) >= 11 is 0. The van der Waals surface area contributed by atoms with Gasteiger partial charge < -0.3 is 4.84 Å². The number of allylic oxidation sites excluding steroid dienone is 2. The number of rotatable bonds is 6. The summed E-state index contributed by atoms with van der Waals surface area (Å²) in [6.07, 6.45) is 4.70. The highest BCUT2D eigenvalue weighted by Gasteiger charge is 2.45. The first-order valence-corrected chi connectivity index (χ1v) is 11.9. The second-order valence-corrected chi connectivity index (χ2v) is 10.1. The SMILES string of the molecule is CC1(C)C(=NOCc2cccnc2)C(c2ccccc2)=C1c1ccc(S(C)(=O)=O)cc1. The van der Waals surface area contributed by atoms with E-state index in [0.29, 0.717) is 11.5 Å². The molecule has 0 unspecified atom stereocenters. The number of hydrogen-bond donors (Lipinski definition) is 0. The van der Waals surface area contributed by atoms with Crippen molar-refractivity contribution in [2.75, 3.05) is 6.26 Å². The van der Waals surface area contributed by atoms with Gasteiger partial charge in [0.05, 0.1) is 10.6 Å². The summed E-state index contributed by atoms with van der Waals surface area (Å²) in [7, 11) is -3.24. The molecule has 1 aliphatic rings. The van der Waals surface area contributed by atoms with E-state index < -0.39 is 9.84 Å². The van der Waals surface area contributed by atoms with Crippen LogP contribution in [0.3, 0.4) is 0 Å². The zero-order valence-electron chi connectivity index (χ0n) is 17.7. The molecular weight excluding hydrogens is 408 g/mol. The molecule has 0 atom stereocenters. The predicted molar refractivity (Wildman–Crippen MR) is 123 cm³/mol. The van der Waals surface area contributed by atoms with Gasteiger partial charge >= 0.3 is 0 Å². The fraction of sp³-hybridized carbons (Fsp3) is 0.200. The zero-order valence-corrected chi connectivity index (χ0v) is 18.6. The molecule has 1 heterocycles. The number of aromatic nitrogens is 1. The third-order valence-electron chi connectivity index (χ3n) is 5.45. The van der Waals surface area contributed by atoms with Gasteiger partial charge in [0.15, 0.2) is 9.84 Å². The molecule has 0 radical (unpaired) electrons. The Bertz CT molecular complexity index is 1250. The summed E-state index contributed by atoms with van der Waals surface area (Å²) in [5.41, 5.74) is 5.62. The van der Waals surface area contributed by atoms with E-state index in [9.17, 15) is 8.42 Å². The number of pyridine rings is 1. The number of benzene rings is 2. The third kappa shape index (κ3) is 4.16. The van der Waals surface area contributed by atoms with Gasteiger partial charge in [0.1, 0.15) is 6.61 Å². The van der Waals surface area contributed by atoms with Gasteiger partial charge in [-0.1, -0.05) is 53.7 Å². The average Bonchev–Trinajstić information content (AvgIpc) is 2.76. The van der Waals surface area contributed by atoms with Crippen LogP contribution in [0.1, 0.15) is 30.5 Å². The fourth-order valence-corrected chi connectivity index (χ4v) is 4.50. The van der Waals surface area contributed by atoms with Crippen LogP contribution in [0.25, 0.3) is 11.1 Å². The topological polar surface area (TPSA) is 68.6 Å². The van der Waals surface area contributed by atoms with Crippen LogP contribution in [-0.2, 0) is 21.3 Å². The molecule has 0 fully saturated rings. The molecule has 1 aromatic heterocycles. The van der Waals surface area contributed by atoms with Gasteiger partial charge in [-0.15, -0.1) is 0 Å². The van der Waals surface area contributed by atoms with Crippen LogP contribution in [0, 0.1) is 5.41 Å². The highest BCUT2D eigenvalue weighted by Crippen LogP contribution is 2.53. The second-order valence-electron chi connectivity index (χ2n) is 8.11. The van der Waals surface area contributed by atoms with E-state index in [4.69, 9.17) is 4.84 Å². The Morgan fingerprint density at radius 2 is 1.65 bits per heavy atom. The van der Waals surface area contributed by atoms with E-state index in [2.05, 4.69) is 24.0 Å². The van der Waals surface area contributed by atoms with Gasteiger partial charge in [-0.25, -0.2) is 8.42 Å². The summed E-state index contributed by atoms with van der Waals surface area (Å²) in [5, 5.41) is 4.50. The minimum absolute atomic E-state index is 0.309. The van der Waals surface area contributed by atoms with Crippen molar-refractivity contribution < 1.29 is 13.3 Å². The zero-order chi connectivity index (χ0) is 22.1. The predicted octanol–water partition coefficient (Wildman–Crippen LogP) is 5.01. The van der Waals surface area contributed by atoms with Crippen molar-refractivity contribution in [2.45, 2.75) is 25.3 Å². The Labute approximate surface area is 183 Å². The van der Waals surface area contributed by atoms with E-state index in [1.165, 1.54) is 6.26 Å². The molecule has 0 saturated heterocycles. The van der Waals surface area contributed by atoms with Crippen LogP contribution in [0.2, 0.25) is 0 Å². The molecule has 6 heteroatoms. The first kappa shape index (κ1) is 21.0. The molecule has 0 saturated carbocycles. The van der Waals surface area contributed by atoms with Crippen molar-refractivity contribution in [3.8, 4) is 0 Å². The smallest absolute Gasteiger partial charge is 0.175 e. The highest BCUT2D eigenvalue weighted by molar-refractivity contribution is 7.90. The molecule has 0 N–H and O–H groups in total. The molecule has 31 heavy (non-hydrogen) atoms. The first-order chi connectivity index (χ1) is 14.8. The normalized spacial score (nSPS) is 16.8. The maximum absolute atomic E-state index is 11.8. The Hall–Kier alpha value is -3.25. The Kier molecular flexibility index (Phi) is 5.50. The molecule has 0 aliphatic heterocycles. The van der Waals surface area contributed by atoms with E-state index in [1.54, 1.807) is 24.5 Å². The van der Waals surface area contributed by atoms with E-state index in [1.807, 2.05) is 54.6 Å². The van der Waals surface area contributed by atoms with E-state index in [0.717, 1.165) is 33.5 Å². The Morgan fingerprint density at radius 3 is 2.26 bits per heavy atom. The molecule has 5 nitrogen and oxygen atoms in total. The Morgan fingerprint density at radius 1 is 0.935 bits per heavy atom. The van der Waals surface area contributed by atoms with Crippen LogP contribution in [0.15, 0.2) is 89.2 Å². The monoisotopic (exact) mass is 432 g/mol. The lowest BCUT2D eigenvalue weighted by molar-refractivity contribution is 0.128. The van der Waals surface area contributed by atoms with Crippen molar-refractivity contribution >= 4 is 26.7 Å². The Balaban J connectivity index is 1.74. The molecule has 1 aliphatic carbocycles. The van der Waals surface area contributed by atoms with E-state index >= 15 is 0 Å². The third-order valence-corrected chi connectivity index (χ3v) is 6.58. The van der Waals surface area contributed by atoms with Gasteiger partial charge in [0.25, 0.3) is 0 Å². The quantitative estimate of drug-likeness (QED) is 0.514. The van der Waals surface area contributed by atoms with Crippen molar-refractivity contribution in [1.29, 1.82) is 0 Å². The van der Waals surface area contributed by atoms with Crippen molar-refractivity contribution in [3.05, 3.63) is 95.8 Å². The van der Waals surface area contributed by atoms with Gasteiger partial charge in [-0.2, -0.15) is 0 Å². The van der Waals surface area contributed by atoms with E-state index in [-0.39, 0.29) is 5.41 Å². The van der Waals surface area contributed by atoms with Gasteiger partial charge in [0, 0.05) is 35.2 Å². The summed E-state index contributed by atoms with van der Waals surface area (Å²) in [4.78, 5) is 10.1. The van der Waals surface area contributed by atoms with Gasteiger partial charge in [-0.05, 0) is 48.7 Å². The molecule has 2 aromatic carbocycles. The molecular formula is C25H24N2O3S. The summed E-state index contributed by atoms with van der Waals surface area (Å²) in [6.45, 7) is 4.55. The standard InChI is InChI=1S/C25H24N2O3S/c1-25(2)23(20-11-13-21(14-12-20)31(3,28)29)22(19-9-5-4-6-10-19)24(25)27-30-17-18-8-7-15-26-16-18/h4-16H,17H2,1-3H3. The first-order valence-electron chi connectivity index (χ1n) is 9.99. The van der Waals surface area contributed by atoms with Gasteiger partial charge in [-0.3, -0.25) is 4.98 Å². The number of nitrogens with zero attached hydrogens (tertiary/aromatic N) is 2. The number of oxime groups is 1. The number of sulfone groups is 1. The minimum Gasteiger partial charge on any atom is -0.391 e. The molecule has 4 rings (SSSR count). The summed E-state index contributed by atoms with van der Waals surface area (Å²) in [5.74, 6) is 0.